The standard InChI is InChI=1S/C8H11Cl/c1-4-5-6-7(2)8(3)9/h4-6H,3H2,1-2H3/b5-4-,7-6-. The largest absolute Gasteiger partial charge is 0.0877 e. The maximum absolute atomic E-state index is 5.57. The van der Waals surface area contributed by atoms with Crippen LogP contribution in [0.25, 0.3) is 0 Å². The summed E-state index contributed by atoms with van der Waals surface area (Å²) < 4.78 is 0. The molecule has 0 aliphatic carbocycles. The van der Waals surface area contributed by atoms with Gasteiger partial charge in [0.2, 0.25) is 0 Å². The molecule has 1 heteroatoms. The predicted octanol–water partition coefficient (Wildman–Crippen LogP) is 3.26. The fourth-order valence-electron chi connectivity index (χ4n) is 0.331. The molecule has 0 N–H and O–H groups in total. The molecule has 50 valence electrons. The van der Waals surface area contributed by atoms with Gasteiger partial charge in [-0.3, -0.25) is 0 Å². The smallest absolute Gasteiger partial charge is 0.0363 e. The van der Waals surface area contributed by atoms with E-state index in [0.717, 1.165) is 5.57 Å². The van der Waals surface area contributed by atoms with Crippen molar-refractivity contribution in [2.75, 3.05) is 0 Å². The van der Waals surface area contributed by atoms with Crippen molar-refractivity contribution in [3.63, 3.8) is 0 Å². The number of hydrogen-bond acceptors (Lipinski definition) is 0. The van der Waals surface area contributed by atoms with Crippen LogP contribution in [0.15, 0.2) is 35.4 Å². The highest BCUT2D eigenvalue weighted by atomic mass is 35.5. The van der Waals surface area contributed by atoms with E-state index in [4.69, 9.17) is 11.6 Å². The Kier molecular flexibility index (Phi) is 4.16. The van der Waals surface area contributed by atoms with Crippen LogP contribution >= 0.6 is 11.6 Å². The van der Waals surface area contributed by atoms with Crippen LogP contribution in [0.5, 0.6) is 0 Å². The Balaban J connectivity index is 4.00. The molecule has 0 saturated heterocycles. The summed E-state index contributed by atoms with van der Waals surface area (Å²) in [5, 5.41) is 0.605. The van der Waals surface area contributed by atoms with Gasteiger partial charge in [-0.05, 0) is 19.4 Å². The number of halogens is 1. The molecule has 0 atom stereocenters. The van der Waals surface area contributed by atoms with Gasteiger partial charge in [-0.15, -0.1) is 0 Å². The summed E-state index contributed by atoms with van der Waals surface area (Å²) in [6.45, 7) is 7.46. The van der Waals surface area contributed by atoms with Crippen LogP contribution in [0.2, 0.25) is 0 Å². The minimum absolute atomic E-state index is 0.605. The molecule has 9 heavy (non-hydrogen) atoms. The number of hydrogen-bond donors (Lipinski definition) is 0. The van der Waals surface area contributed by atoms with Gasteiger partial charge in [-0.1, -0.05) is 36.4 Å². The molecule has 0 heterocycles. The molecule has 0 aromatic carbocycles. The van der Waals surface area contributed by atoms with Gasteiger partial charge in [0.15, 0.2) is 0 Å². The van der Waals surface area contributed by atoms with Gasteiger partial charge in [-0.2, -0.15) is 0 Å². The van der Waals surface area contributed by atoms with Crippen molar-refractivity contribution < 1.29 is 0 Å². The van der Waals surface area contributed by atoms with Gasteiger partial charge in [-0.25, -0.2) is 0 Å². The highest BCUT2D eigenvalue weighted by molar-refractivity contribution is 6.31. The van der Waals surface area contributed by atoms with Gasteiger partial charge in [0.05, 0.1) is 0 Å². The Morgan fingerprint density at radius 2 is 2.11 bits per heavy atom. The Morgan fingerprint density at radius 1 is 1.56 bits per heavy atom. The quantitative estimate of drug-likeness (QED) is 0.520. The second kappa shape index (κ2) is 4.39. The van der Waals surface area contributed by atoms with Crippen molar-refractivity contribution in [1.29, 1.82) is 0 Å². The van der Waals surface area contributed by atoms with Crippen LogP contribution in [0, 0.1) is 0 Å². The van der Waals surface area contributed by atoms with E-state index >= 15 is 0 Å². The zero-order chi connectivity index (χ0) is 7.28. The molecule has 0 aliphatic heterocycles. The first-order valence-electron chi connectivity index (χ1n) is 2.83. The molecule has 0 saturated carbocycles. The lowest BCUT2D eigenvalue weighted by molar-refractivity contribution is 1.50. The third kappa shape index (κ3) is 4.04. The van der Waals surface area contributed by atoms with Gasteiger partial charge >= 0.3 is 0 Å². The Morgan fingerprint density at radius 3 is 2.44 bits per heavy atom. The van der Waals surface area contributed by atoms with Crippen LogP contribution < -0.4 is 0 Å². The van der Waals surface area contributed by atoms with Crippen LogP contribution in [0.4, 0.5) is 0 Å². The summed E-state index contributed by atoms with van der Waals surface area (Å²) in [6, 6.07) is 0. The van der Waals surface area contributed by atoms with Crippen molar-refractivity contribution in [1.82, 2.24) is 0 Å². The minimum atomic E-state index is 0.605. The molecule has 0 rings (SSSR count). The van der Waals surface area contributed by atoms with Crippen molar-refractivity contribution >= 4 is 11.6 Å². The van der Waals surface area contributed by atoms with Crippen LogP contribution in [-0.2, 0) is 0 Å². The Bertz CT molecular complexity index is 152. The molecule has 0 radical (unpaired) electrons. The SMILES string of the molecule is C=C(Cl)/C(C)=C\C=C/C. The maximum Gasteiger partial charge on any atom is 0.0363 e. The lowest BCUT2D eigenvalue weighted by Gasteiger charge is -1.90. The summed E-state index contributed by atoms with van der Waals surface area (Å²) in [5.41, 5.74) is 1.01. The molecule has 0 spiro atoms. The lowest BCUT2D eigenvalue weighted by Crippen LogP contribution is -1.69. The first kappa shape index (κ1) is 8.51. The van der Waals surface area contributed by atoms with E-state index in [-0.39, 0.29) is 0 Å². The molecule has 0 unspecified atom stereocenters. The van der Waals surface area contributed by atoms with E-state index in [1.165, 1.54) is 0 Å². The van der Waals surface area contributed by atoms with E-state index < -0.39 is 0 Å². The summed E-state index contributed by atoms with van der Waals surface area (Å²) in [6.07, 6.45) is 5.81. The van der Waals surface area contributed by atoms with E-state index in [9.17, 15) is 0 Å². The maximum atomic E-state index is 5.57. The highest BCUT2D eigenvalue weighted by Gasteiger charge is 1.86. The number of allylic oxidation sites excluding steroid dienone is 5. The predicted molar refractivity (Wildman–Crippen MR) is 43.6 cm³/mol. The van der Waals surface area contributed by atoms with Gasteiger partial charge < -0.3 is 0 Å². The van der Waals surface area contributed by atoms with E-state index in [1.54, 1.807) is 0 Å². The zero-order valence-corrected chi connectivity index (χ0v) is 6.57. The third-order valence-corrected chi connectivity index (χ3v) is 1.26. The fourth-order valence-corrected chi connectivity index (χ4v) is 0.394. The van der Waals surface area contributed by atoms with Crippen molar-refractivity contribution in [3.05, 3.63) is 35.4 Å². The average molecular weight is 143 g/mol. The van der Waals surface area contributed by atoms with Crippen molar-refractivity contribution in [3.8, 4) is 0 Å². The molecular formula is C8H11Cl. The summed E-state index contributed by atoms with van der Waals surface area (Å²) in [4.78, 5) is 0. The molecule has 0 nitrogen and oxygen atoms in total. The van der Waals surface area contributed by atoms with Gasteiger partial charge in [0, 0.05) is 5.03 Å². The number of rotatable bonds is 2. The topological polar surface area (TPSA) is 0 Å². The van der Waals surface area contributed by atoms with Crippen molar-refractivity contribution in [2.45, 2.75) is 13.8 Å². The Hall–Kier alpha value is -0.490. The second-order valence-corrected chi connectivity index (χ2v) is 2.24. The molecule has 0 aromatic rings. The van der Waals surface area contributed by atoms with Crippen molar-refractivity contribution in [2.24, 2.45) is 0 Å². The Labute approximate surface area is 61.5 Å². The van der Waals surface area contributed by atoms with Crippen LogP contribution in [-0.4, -0.2) is 0 Å². The summed E-state index contributed by atoms with van der Waals surface area (Å²) >= 11 is 5.57. The van der Waals surface area contributed by atoms with E-state index in [2.05, 4.69) is 6.58 Å². The normalized spacial score (nSPS) is 12.6. The van der Waals surface area contributed by atoms with Gasteiger partial charge in [0.25, 0.3) is 0 Å². The molecule has 0 aliphatic rings. The molecule has 0 bridgehead atoms. The van der Waals surface area contributed by atoms with Crippen LogP contribution in [0.1, 0.15) is 13.8 Å². The van der Waals surface area contributed by atoms with Gasteiger partial charge in [0.1, 0.15) is 0 Å². The minimum Gasteiger partial charge on any atom is -0.0877 e. The highest BCUT2D eigenvalue weighted by Crippen LogP contribution is 2.09. The zero-order valence-electron chi connectivity index (χ0n) is 5.82. The average Bonchev–Trinajstić information content (AvgIpc) is 1.82. The molecule has 0 aromatic heterocycles. The first-order valence-corrected chi connectivity index (χ1v) is 3.20. The summed E-state index contributed by atoms with van der Waals surface area (Å²) in [7, 11) is 0. The van der Waals surface area contributed by atoms with Crippen LogP contribution in [0.3, 0.4) is 0 Å². The van der Waals surface area contributed by atoms with E-state index in [0.29, 0.717) is 5.03 Å². The first-order chi connectivity index (χ1) is 4.18. The summed E-state index contributed by atoms with van der Waals surface area (Å²) in [5.74, 6) is 0. The molecule has 0 fully saturated rings. The fraction of sp³-hybridized carbons (Fsp3) is 0.250. The third-order valence-electron chi connectivity index (χ3n) is 0.967. The molecular weight excluding hydrogens is 132 g/mol. The molecule has 0 amide bonds. The second-order valence-electron chi connectivity index (χ2n) is 1.78. The van der Waals surface area contributed by atoms with E-state index in [1.807, 2.05) is 32.1 Å². The monoisotopic (exact) mass is 142 g/mol. The lowest BCUT2D eigenvalue weighted by atomic mass is 10.3.